The minimum atomic E-state index is 0.342. The smallest absolute Gasteiger partial charge is 0.140 e. The molecule has 13 heavy (non-hydrogen) atoms. The Morgan fingerprint density at radius 2 is 2.23 bits per heavy atom. The van der Waals surface area contributed by atoms with Crippen molar-refractivity contribution in [3.8, 4) is 0 Å². The van der Waals surface area contributed by atoms with Crippen molar-refractivity contribution in [2.24, 2.45) is 0 Å². The van der Waals surface area contributed by atoms with Gasteiger partial charge in [-0.1, -0.05) is 19.3 Å². The monoisotopic (exact) mass is 171 g/mol. The Kier molecular flexibility index (Phi) is 1.83. The SMILES string of the molecule is [B]c1c[nH]c2nc(C(C)C)ncc12. The van der Waals surface area contributed by atoms with E-state index in [-0.39, 0.29) is 0 Å². The molecule has 0 bridgehead atoms. The molecule has 4 heteroatoms. The second-order valence-electron chi connectivity index (χ2n) is 3.39. The van der Waals surface area contributed by atoms with Crippen LogP contribution in [0, 0.1) is 0 Å². The molecular weight excluding hydrogens is 161 g/mol. The van der Waals surface area contributed by atoms with Crippen molar-refractivity contribution < 1.29 is 0 Å². The van der Waals surface area contributed by atoms with Gasteiger partial charge in [-0.15, -0.1) is 0 Å². The zero-order valence-electron chi connectivity index (χ0n) is 7.70. The van der Waals surface area contributed by atoms with Crippen LogP contribution in [0.3, 0.4) is 0 Å². The van der Waals surface area contributed by atoms with E-state index >= 15 is 0 Å². The van der Waals surface area contributed by atoms with E-state index in [1.165, 1.54) is 0 Å². The second-order valence-corrected chi connectivity index (χ2v) is 3.39. The summed E-state index contributed by atoms with van der Waals surface area (Å²) in [5, 5.41) is 0.893. The molecule has 2 radical (unpaired) electrons. The van der Waals surface area contributed by atoms with Crippen LogP contribution in [0.4, 0.5) is 0 Å². The molecule has 64 valence electrons. The fraction of sp³-hybridized carbons (Fsp3) is 0.333. The van der Waals surface area contributed by atoms with Gasteiger partial charge in [0.05, 0.1) is 0 Å². The average Bonchev–Trinajstić information content (AvgIpc) is 2.47. The van der Waals surface area contributed by atoms with E-state index in [4.69, 9.17) is 7.85 Å². The highest BCUT2D eigenvalue weighted by Gasteiger charge is 2.05. The van der Waals surface area contributed by atoms with Crippen LogP contribution in [-0.4, -0.2) is 22.8 Å². The number of hydrogen-bond acceptors (Lipinski definition) is 2. The molecule has 0 aromatic carbocycles. The number of hydrogen-bond donors (Lipinski definition) is 1. The fourth-order valence-corrected chi connectivity index (χ4v) is 1.22. The van der Waals surface area contributed by atoms with E-state index in [2.05, 4.69) is 28.8 Å². The maximum absolute atomic E-state index is 5.69. The summed E-state index contributed by atoms with van der Waals surface area (Å²) in [6.07, 6.45) is 3.51. The molecular formula is C9H10BN3. The number of H-pyrrole nitrogens is 1. The Balaban J connectivity index is 2.63. The van der Waals surface area contributed by atoms with Gasteiger partial charge in [0, 0.05) is 17.5 Å². The summed E-state index contributed by atoms with van der Waals surface area (Å²) >= 11 is 0. The maximum Gasteiger partial charge on any atom is 0.140 e. The zero-order chi connectivity index (χ0) is 9.42. The lowest BCUT2D eigenvalue weighted by Gasteiger charge is -2.01. The first-order valence-electron chi connectivity index (χ1n) is 4.28. The van der Waals surface area contributed by atoms with Crippen LogP contribution in [0.15, 0.2) is 12.4 Å². The average molecular weight is 171 g/mol. The summed E-state index contributed by atoms with van der Waals surface area (Å²) in [5.41, 5.74) is 1.52. The van der Waals surface area contributed by atoms with Gasteiger partial charge in [0.1, 0.15) is 19.3 Å². The third-order valence-corrected chi connectivity index (χ3v) is 2.00. The van der Waals surface area contributed by atoms with Gasteiger partial charge in [-0.2, -0.15) is 0 Å². The molecule has 2 heterocycles. The molecule has 2 rings (SSSR count). The highest BCUT2D eigenvalue weighted by Crippen LogP contribution is 2.11. The molecule has 3 nitrogen and oxygen atoms in total. The molecule has 0 aliphatic rings. The first-order chi connectivity index (χ1) is 6.18. The molecule has 0 aliphatic carbocycles. The van der Waals surface area contributed by atoms with E-state index in [1.807, 2.05) is 0 Å². The van der Waals surface area contributed by atoms with E-state index in [0.717, 1.165) is 16.9 Å². The van der Waals surface area contributed by atoms with Crippen molar-refractivity contribution in [3.05, 3.63) is 18.2 Å². The van der Waals surface area contributed by atoms with Crippen LogP contribution in [-0.2, 0) is 0 Å². The van der Waals surface area contributed by atoms with Crippen molar-refractivity contribution in [3.63, 3.8) is 0 Å². The van der Waals surface area contributed by atoms with Gasteiger partial charge in [0.15, 0.2) is 0 Å². The van der Waals surface area contributed by atoms with Crippen LogP contribution in [0.2, 0.25) is 0 Å². The molecule has 0 saturated heterocycles. The zero-order valence-corrected chi connectivity index (χ0v) is 7.70. The molecule has 0 fully saturated rings. The van der Waals surface area contributed by atoms with E-state index < -0.39 is 0 Å². The largest absolute Gasteiger partial charge is 0.347 e. The van der Waals surface area contributed by atoms with Gasteiger partial charge in [-0.05, 0) is 6.20 Å². The van der Waals surface area contributed by atoms with Crippen LogP contribution in [0.25, 0.3) is 11.0 Å². The van der Waals surface area contributed by atoms with Crippen LogP contribution >= 0.6 is 0 Å². The maximum atomic E-state index is 5.69. The number of aromatic nitrogens is 3. The summed E-state index contributed by atoms with van der Waals surface area (Å²) < 4.78 is 0. The van der Waals surface area contributed by atoms with Crippen molar-refractivity contribution in [2.45, 2.75) is 19.8 Å². The van der Waals surface area contributed by atoms with Crippen LogP contribution in [0.1, 0.15) is 25.6 Å². The summed E-state index contributed by atoms with van der Waals surface area (Å²) in [4.78, 5) is 11.6. The highest BCUT2D eigenvalue weighted by atomic mass is 14.9. The summed E-state index contributed by atoms with van der Waals surface area (Å²) in [6.45, 7) is 4.13. The van der Waals surface area contributed by atoms with Gasteiger partial charge in [-0.25, -0.2) is 9.97 Å². The second kappa shape index (κ2) is 2.87. The number of rotatable bonds is 1. The highest BCUT2D eigenvalue weighted by molar-refractivity contribution is 6.38. The fourth-order valence-electron chi connectivity index (χ4n) is 1.22. The molecule has 0 atom stereocenters. The van der Waals surface area contributed by atoms with Gasteiger partial charge in [-0.3, -0.25) is 0 Å². The Labute approximate surface area is 78.0 Å². The molecule has 0 saturated carbocycles. The number of nitrogens with zero attached hydrogens (tertiary/aromatic N) is 2. The lowest BCUT2D eigenvalue weighted by Crippen LogP contribution is -2.01. The third kappa shape index (κ3) is 1.32. The molecule has 0 unspecified atom stereocenters. The molecule has 0 aliphatic heterocycles. The Morgan fingerprint density at radius 1 is 1.46 bits per heavy atom. The van der Waals surface area contributed by atoms with Gasteiger partial charge in [0.2, 0.25) is 0 Å². The standard InChI is InChI=1S/C9H10BN3/c1-5(2)8-11-3-6-7(10)4-12-9(6)13-8/h3-5H,1-2H3,(H,11,12,13). The van der Waals surface area contributed by atoms with E-state index in [0.29, 0.717) is 11.4 Å². The van der Waals surface area contributed by atoms with Crippen molar-refractivity contribution >= 4 is 24.3 Å². The Hall–Kier alpha value is -1.32. The number of fused-ring (bicyclic) bond motifs is 1. The summed E-state index contributed by atoms with van der Waals surface area (Å²) in [5.74, 6) is 1.18. The van der Waals surface area contributed by atoms with Gasteiger partial charge >= 0.3 is 0 Å². The Morgan fingerprint density at radius 3 is 2.92 bits per heavy atom. The normalized spacial score (nSPS) is 11.3. The van der Waals surface area contributed by atoms with Crippen molar-refractivity contribution in [2.75, 3.05) is 0 Å². The first kappa shape index (κ1) is 8.29. The molecule has 2 aromatic heterocycles. The Bertz CT molecular complexity index is 433. The minimum absolute atomic E-state index is 0.342. The molecule has 1 N–H and O–H groups in total. The lowest BCUT2D eigenvalue weighted by atomic mass is 9.97. The van der Waals surface area contributed by atoms with Crippen LogP contribution < -0.4 is 5.46 Å². The number of aromatic amines is 1. The molecule has 0 spiro atoms. The number of nitrogens with one attached hydrogen (secondary N) is 1. The van der Waals surface area contributed by atoms with Crippen molar-refractivity contribution in [1.82, 2.24) is 15.0 Å². The summed E-state index contributed by atoms with van der Waals surface area (Å²) in [6, 6.07) is 0. The summed E-state index contributed by atoms with van der Waals surface area (Å²) in [7, 11) is 5.69. The third-order valence-electron chi connectivity index (χ3n) is 2.00. The molecule has 2 aromatic rings. The minimum Gasteiger partial charge on any atom is -0.347 e. The predicted molar refractivity (Wildman–Crippen MR) is 53.4 cm³/mol. The van der Waals surface area contributed by atoms with E-state index in [1.54, 1.807) is 12.4 Å². The first-order valence-corrected chi connectivity index (χ1v) is 4.28. The van der Waals surface area contributed by atoms with Crippen LogP contribution in [0.5, 0.6) is 0 Å². The predicted octanol–water partition coefficient (Wildman–Crippen LogP) is 0.875. The quantitative estimate of drug-likeness (QED) is 0.647. The van der Waals surface area contributed by atoms with Gasteiger partial charge < -0.3 is 4.98 Å². The van der Waals surface area contributed by atoms with Gasteiger partial charge in [0.25, 0.3) is 0 Å². The topological polar surface area (TPSA) is 41.6 Å². The molecule has 0 amide bonds. The van der Waals surface area contributed by atoms with Crippen molar-refractivity contribution in [1.29, 1.82) is 0 Å². The van der Waals surface area contributed by atoms with E-state index in [9.17, 15) is 0 Å². The lowest BCUT2D eigenvalue weighted by molar-refractivity contribution is 0.781.